The molecule has 1 saturated heterocycles. The van der Waals surface area contributed by atoms with E-state index in [2.05, 4.69) is 10.1 Å². The van der Waals surface area contributed by atoms with E-state index in [0.717, 1.165) is 4.57 Å². The van der Waals surface area contributed by atoms with Gasteiger partial charge in [-0.3, -0.25) is 13.9 Å². The first-order valence-corrected chi connectivity index (χ1v) is 15.0. The van der Waals surface area contributed by atoms with E-state index in [1.54, 1.807) is 51.1 Å². The maximum Gasteiger partial charge on any atom is 0.459 e. The second-order valence-electron chi connectivity index (χ2n) is 11.4. The smallest absolute Gasteiger partial charge is 0.459 e. The summed E-state index contributed by atoms with van der Waals surface area (Å²) in [4.78, 5) is 28.5. The van der Waals surface area contributed by atoms with Crippen molar-refractivity contribution in [1.82, 2.24) is 14.6 Å². The van der Waals surface area contributed by atoms with Gasteiger partial charge in [0.05, 0.1) is 18.1 Å². The molecule has 1 aromatic carbocycles. The minimum absolute atomic E-state index is 0.0153. The third-order valence-electron chi connectivity index (χ3n) is 6.90. The Bertz CT molecular complexity index is 1280. The molecule has 1 aliphatic rings. The van der Waals surface area contributed by atoms with Gasteiger partial charge in [0.1, 0.15) is 36.0 Å². The number of anilines is 1. The quantitative estimate of drug-likeness (QED) is 0.208. The molecule has 0 spiro atoms. The van der Waals surface area contributed by atoms with E-state index in [9.17, 15) is 24.4 Å². The lowest BCUT2D eigenvalue weighted by molar-refractivity contribution is -0.154. The third-order valence-corrected chi connectivity index (χ3v) is 8.49. The van der Waals surface area contributed by atoms with Crippen LogP contribution < -0.4 is 21.0 Å². The summed E-state index contributed by atoms with van der Waals surface area (Å²) in [5.74, 6) is -0.300. The molecule has 41 heavy (non-hydrogen) atoms. The average molecular weight is 597 g/mol. The van der Waals surface area contributed by atoms with Gasteiger partial charge in [-0.1, -0.05) is 38.5 Å². The Morgan fingerprint density at radius 3 is 2.54 bits per heavy atom. The SMILES string of the molecule is CC[C@H](C)[C@@H](COC(=O)C(C)(C)C)NP(=O)(OC[C@H]1O[C@@H](n2ccc(N)nc2=O)[C@](C)(O)[C@@H]1O)Oc1ccccc1. The van der Waals surface area contributed by atoms with Crippen LogP contribution in [0.1, 0.15) is 54.2 Å². The van der Waals surface area contributed by atoms with Gasteiger partial charge in [-0.25, -0.2) is 14.4 Å². The fourth-order valence-electron chi connectivity index (χ4n) is 4.06. The number of nitrogens with zero attached hydrogens (tertiary/aromatic N) is 2. The Balaban J connectivity index is 1.83. The summed E-state index contributed by atoms with van der Waals surface area (Å²) in [6, 6.07) is 9.08. The van der Waals surface area contributed by atoms with Crippen LogP contribution in [0.3, 0.4) is 0 Å². The minimum atomic E-state index is -4.21. The third kappa shape index (κ3) is 8.15. The number of rotatable bonds is 12. The molecular formula is C27H41N4O9P. The molecule has 13 nitrogen and oxygen atoms in total. The zero-order valence-electron chi connectivity index (χ0n) is 24.2. The highest BCUT2D eigenvalue weighted by molar-refractivity contribution is 7.52. The highest BCUT2D eigenvalue weighted by Crippen LogP contribution is 2.47. The van der Waals surface area contributed by atoms with Crippen LogP contribution in [0.5, 0.6) is 5.75 Å². The van der Waals surface area contributed by atoms with Gasteiger partial charge in [0.15, 0.2) is 6.23 Å². The average Bonchev–Trinajstić information content (AvgIpc) is 3.12. The number of esters is 1. The van der Waals surface area contributed by atoms with Gasteiger partial charge in [0, 0.05) is 6.20 Å². The molecule has 5 N–H and O–H groups in total. The van der Waals surface area contributed by atoms with Crippen molar-refractivity contribution in [3.63, 3.8) is 0 Å². The highest BCUT2D eigenvalue weighted by atomic mass is 31.2. The molecule has 0 radical (unpaired) electrons. The summed E-state index contributed by atoms with van der Waals surface area (Å²) in [7, 11) is -4.21. The summed E-state index contributed by atoms with van der Waals surface area (Å²) >= 11 is 0. The van der Waals surface area contributed by atoms with E-state index >= 15 is 0 Å². The fraction of sp³-hybridized carbons (Fsp3) is 0.593. The first-order valence-electron chi connectivity index (χ1n) is 13.4. The molecule has 2 heterocycles. The molecule has 0 saturated carbocycles. The van der Waals surface area contributed by atoms with Gasteiger partial charge in [0.25, 0.3) is 0 Å². The van der Waals surface area contributed by atoms with Crippen molar-refractivity contribution in [2.45, 2.75) is 78.0 Å². The number of carbonyl (C=O) groups excluding carboxylic acids is 1. The van der Waals surface area contributed by atoms with Crippen LogP contribution in [0.2, 0.25) is 0 Å². The molecule has 0 bridgehead atoms. The van der Waals surface area contributed by atoms with Gasteiger partial charge in [-0.15, -0.1) is 0 Å². The van der Waals surface area contributed by atoms with E-state index in [0.29, 0.717) is 6.42 Å². The molecule has 0 amide bonds. The molecule has 0 aliphatic carbocycles. The first kappa shape index (κ1) is 32.7. The van der Waals surface area contributed by atoms with Crippen LogP contribution >= 0.6 is 7.75 Å². The summed E-state index contributed by atoms with van der Waals surface area (Å²) in [5, 5.41) is 24.8. The minimum Gasteiger partial charge on any atom is -0.464 e. The number of aromatic nitrogens is 2. The number of para-hydroxylation sites is 1. The Morgan fingerprint density at radius 1 is 1.29 bits per heavy atom. The first-order chi connectivity index (χ1) is 19.1. The van der Waals surface area contributed by atoms with Gasteiger partial charge in [-0.05, 0) is 51.8 Å². The van der Waals surface area contributed by atoms with Crippen molar-refractivity contribution in [3.05, 3.63) is 53.1 Å². The maximum atomic E-state index is 14.1. The second-order valence-corrected chi connectivity index (χ2v) is 13.1. The molecular weight excluding hydrogens is 555 g/mol. The van der Waals surface area contributed by atoms with E-state index in [1.165, 1.54) is 19.2 Å². The van der Waals surface area contributed by atoms with Crippen LogP contribution in [0.4, 0.5) is 5.82 Å². The van der Waals surface area contributed by atoms with Crippen LogP contribution in [-0.4, -0.2) is 62.8 Å². The number of hydrogen-bond donors (Lipinski definition) is 4. The van der Waals surface area contributed by atoms with Crippen LogP contribution in [0.15, 0.2) is 47.4 Å². The van der Waals surface area contributed by atoms with Gasteiger partial charge in [-0.2, -0.15) is 4.98 Å². The standard InChI is InChI=1S/C27H41N4O9P/c1-7-17(2)19(15-37-24(33)26(3,4)5)30-41(36,40-18-11-9-8-10-12-18)38-16-20-22(32)27(6,35)23(39-20)31-14-13-21(28)29-25(31)34/h8-14,17,19-20,22-23,32,35H,7,15-16H2,1-6H3,(H,30,36)(H2,28,29,34)/t17-,19+,20+,22+,23+,27+,41?/m0/s1. The van der Waals surface area contributed by atoms with E-state index < -0.39 is 61.5 Å². The molecule has 1 aromatic heterocycles. The summed E-state index contributed by atoms with van der Waals surface area (Å²) in [6.07, 6.45) is -2.14. The molecule has 3 rings (SSSR count). The van der Waals surface area contributed by atoms with E-state index in [1.807, 2.05) is 13.8 Å². The Labute approximate surface area is 239 Å². The predicted octanol–water partition coefficient (Wildman–Crippen LogP) is 2.63. The van der Waals surface area contributed by atoms with Gasteiger partial charge < -0.3 is 29.9 Å². The Morgan fingerprint density at radius 2 is 1.95 bits per heavy atom. The molecule has 228 valence electrons. The number of nitrogens with one attached hydrogen (secondary N) is 1. The number of carbonyl (C=O) groups is 1. The van der Waals surface area contributed by atoms with Crippen molar-refractivity contribution in [2.24, 2.45) is 11.3 Å². The number of hydrogen-bond acceptors (Lipinski definition) is 11. The number of aliphatic hydroxyl groups excluding tert-OH is 1. The molecule has 14 heteroatoms. The van der Waals surface area contributed by atoms with E-state index in [4.69, 9.17) is 24.3 Å². The lowest BCUT2D eigenvalue weighted by Crippen LogP contribution is -2.46. The number of ether oxygens (including phenoxy) is 2. The van der Waals surface area contributed by atoms with Gasteiger partial charge >= 0.3 is 19.4 Å². The van der Waals surface area contributed by atoms with Crippen molar-refractivity contribution in [1.29, 1.82) is 0 Å². The van der Waals surface area contributed by atoms with Crippen LogP contribution in [0.25, 0.3) is 0 Å². The summed E-state index contributed by atoms with van der Waals surface area (Å²) < 4.78 is 38.0. The number of aliphatic hydroxyl groups is 2. The van der Waals surface area contributed by atoms with E-state index in [-0.39, 0.29) is 24.1 Å². The van der Waals surface area contributed by atoms with Crippen LogP contribution in [0, 0.1) is 11.3 Å². The topological polar surface area (TPSA) is 184 Å². The predicted molar refractivity (Wildman–Crippen MR) is 151 cm³/mol. The number of benzene rings is 1. The molecule has 7 atom stereocenters. The fourth-order valence-corrected chi connectivity index (χ4v) is 5.72. The van der Waals surface area contributed by atoms with Crippen molar-refractivity contribution < 1.29 is 38.1 Å². The lowest BCUT2D eigenvalue weighted by Gasteiger charge is -2.30. The van der Waals surface area contributed by atoms with Crippen molar-refractivity contribution >= 4 is 19.5 Å². The molecule has 1 fully saturated rings. The van der Waals surface area contributed by atoms with Crippen molar-refractivity contribution in [2.75, 3.05) is 18.9 Å². The Hall–Kier alpha value is -2.80. The molecule has 1 aliphatic heterocycles. The Kier molecular flexibility index (Phi) is 10.4. The molecule has 2 aromatic rings. The monoisotopic (exact) mass is 596 g/mol. The maximum absolute atomic E-state index is 14.1. The number of nitrogen functional groups attached to an aromatic ring is 1. The highest BCUT2D eigenvalue weighted by Gasteiger charge is 2.54. The summed E-state index contributed by atoms with van der Waals surface area (Å²) in [5.41, 5.74) is 2.11. The normalized spacial score (nSPS) is 25.7. The number of nitrogens with two attached hydrogens (primary N) is 1. The molecule has 1 unspecified atom stereocenters. The lowest BCUT2D eigenvalue weighted by atomic mass is 9.96. The second kappa shape index (κ2) is 13.0. The largest absolute Gasteiger partial charge is 0.464 e. The van der Waals surface area contributed by atoms with Crippen molar-refractivity contribution in [3.8, 4) is 5.75 Å². The zero-order chi connectivity index (χ0) is 30.6. The van der Waals surface area contributed by atoms with Crippen LogP contribution in [-0.2, 0) is 23.4 Å². The van der Waals surface area contributed by atoms with Gasteiger partial charge in [0.2, 0.25) is 0 Å². The zero-order valence-corrected chi connectivity index (χ0v) is 25.1. The summed E-state index contributed by atoms with van der Waals surface area (Å²) in [6.45, 7) is 9.75.